The van der Waals surface area contributed by atoms with E-state index in [2.05, 4.69) is 25.6 Å². The molecule has 1 saturated carbocycles. The molecule has 0 aromatic carbocycles. The molecule has 1 amide bonds. The molecular formula is C23H26FN9O2. The molecule has 1 aliphatic heterocycles. The lowest BCUT2D eigenvalue weighted by Crippen LogP contribution is -2.38. The third-order valence-corrected chi connectivity index (χ3v) is 6.48. The molecule has 182 valence electrons. The Balaban J connectivity index is 1.38. The fraction of sp³-hybridized carbons (Fsp3) is 0.435. The van der Waals surface area contributed by atoms with Crippen LogP contribution in [0.4, 0.5) is 10.2 Å². The number of alkyl halides is 1. The Morgan fingerprint density at radius 3 is 2.86 bits per heavy atom. The maximum atomic E-state index is 13.3. The summed E-state index contributed by atoms with van der Waals surface area (Å²) in [5, 5.41) is 15.9. The number of morpholine rings is 1. The second-order valence-electron chi connectivity index (χ2n) is 8.80. The summed E-state index contributed by atoms with van der Waals surface area (Å²) in [6.07, 6.45) is 2.56. The minimum atomic E-state index is -0.988. The lowest BCUT2D eigenvalue weighted by atomic mass is 10.2. The summed E-state index contributed by atoms with van der Waals surface area (Å²) in [5.74, 6) is 0.262. The zero-order valence-electron chi connectivity index (χ0n) is 19.3. The number of halogens is 1. The predicted octanol–water partition coefficient (Wildman–Crippen LogP) is 1.36. The minimum absolute atomic E-state index is 0.289. The van der Waals surface area contributed by atoms with Gasteiger partial charge in [-0.05, 0) is 12.1 Å². The van der Waals surface area contributed by atoms with Crippen LogP contribution in [0.3, 0.4) is 0 Å². The molecule has 0 spiro atoms. The minimum Gasteiger partial charge on any atom is -0.379 e. The molecule has 2 aliphatic rings. The van der Waals surface area contributed by atoms with Crippen LogP contribution in [0.5, 0.6) is 0 Å². The van der Waals surface area contributed by atoms with E-state index in [4.69, 9.17) is 14.8 Å². The molecule has 11 nitrogen and oxygen atoms in total. The van der Waals surface area contributed by atoms with Crippen LogP contribution in [0.15, 0.2) is 30.6 Å². The van der Waals surface area contributed by atoms with Crippen LogP contribution < -0.4 is 10.6 Å². The Morgan fingerprint density at radius 1 is 1.26 bits per heavy atom. The Labute approximate surface area is 200 Å². The standard InChI is InChI=1S/C23H26FN9O2/c1-25-19-12-18(28-22-15(13-27-33(19)22)23(34)29-17-11-16(17)24)20-14-3-2-4-26-21(14)32(30-20)6-5-31-7-9-35-10-8-31/h2-4,12-13,16-17,25H,5-11H2,1H3,(H,29,34)/t16-,17+/m1/s1. The Hall–Kier alpha value is -3.64. The van der Waals surface area contributed by atoms with Crippen LogP contribution in [0.1, 0.15) is 16.8 Å². The highest BCUT2D eigenvalue weighted by atomic mass is 19.1. The maximum Gasteiger partial charge on any atom is 0.257 e. The van der Waals surface area contributed by atoms with E-state index in [9.17, 15) is 9.18 Å². The Bertz CT molecular complexity index is 1390. The van der Waals surface area contributed by atoms with Crippen molar-refractivity contribution in [1.29, 1.82) is 0 Å². The fourth-order valence-corrected chi connectivity index (χ4v) is 4.40. The molecule has 0 unspecified atom stereocenters. The number of aromatic nitrogens is 6. The van der Waals surface area contributed by atoms with Crippen molar-refractivity contribution in [3.63, 3.8) is 0 Å². The van der Waals surface area contributed by atoms with E-state index in [0.717, 1.165) is 43.9 Å². The van der Waals surface area contributed by atoms with E-state index >= 15 is 0 Å². The molecule has 0 radical (unpaired) electrons. The molecule has 35 heavy (non-hydrogen) atoms. The van der Waals surface area contributed by atoms with Gasteiger partial charge in [0.1, 0.15) is 23.2 Å². The summed E-state index contributed by atoms with van der Waals surface area (Å²) in [7, 11) is 1.78. The maximum absolute atomic E-state index is 13.3. The molecule has 4 aromatic rings. The second-order valence-corrected chi connectivity index (χ2v) is 8.80. The largest absolute Gasteiger partial charge is 0.379 e. The quantitative estimate of drug-likeness (QED) is 0.408. The summed E-state index contributed by atoms with van der Waals surface area (Å²) in [6, 6.07) is 5.25. The van der Waals surface area contributed by atoms with Gasteiger partial charge in [0.25, 0.3) is 5.91 Å². The van der Waals surface area contributed by atoms with Gasteiger partial charge in [0.05, 0.1) is 37.7 Å². The monoisotopic (exact) mass is 479 g/mol. The van der Waals surface area contributed by atoms with Crippen molar-refractivity contribution in [2.24, 2.45) is 0 Å². The summed E-state index contributed by atoms with van der Waals surface area (Å²) in [5.41, 5.74) is 2.71. The number of carbonyl (C=O) groups excluding carboxylic acids is 1. The van der Waals surface area contributed by atoms with E-state index in [-0.39, 0.29) is 11.5 Å². The van der Waals surface area contributed by atoms with Gasteiger partial charge >= 0.3 is 0 Å². The average Bonchev–Trinajstić information content (AvgIpc) is 3.27. The molecule has 5 heterocycles. The van der Waals surface area contributed by atoms with Crippen LogP contribution in [-0.4, -0.2) is 92.3 Å². The number of amides is 1. The van der Waals surface area contributed by atoms with Gasteiger partial charge < -0.3 is 15.4 Å². The number of nitrogens with zero attached hydrogens (tertiary/aromatic N) is 7. The highest BCUT2D eigenvalue weighted by Crippen LogP contribution is 2.29. The zero-order chi connectivity index (χ0) is 23.9. The molecule has 6 rings (SSSR count). The number of hydrogen-bond acceptors (Lipinski definition) is 8. The third kappa shape index (κ3) is 4.08. The van der Waals surface area contributed by atoms with Crippen molar-refractivity contribution in [3.8, 4) is 11.4 Å². The summed E-state index contributed by atoms with van der Waals surface area (Å²) in [6.45, 7) is 4.82. The Kier molecular flexibility index (Phi) is 5.53. The number of nitrogens with one attached hydrogen (secondary N) is 2. The number of fused-ring (bicyclic) bond motifs is 2. The molecule has 2 atom stereocenters. The number of rotatable bonds is 7. The first kappa shape index (κ1) is 21.9. The topological polar surface area (TPSA) is 115 Å². The molecule has 1 aliphatic carbocycles. The number of anilines is 1. The molecule has 1 saturated heterocycles. The number of pyridine rings is 1. The first-order valence-corrected chi connectivity index (χ1v) is 11.8. The van der Waals surface area contributed by atoms with Crippen molar-refractivity contribution in [1.82, 2.24) is 39.6 Å². The highest BCUT2D eigenvalue weighted by molar-refractivity contribution is 6.01. The van der Waals surface area contributed by atoms with Gasteiger partial charge in [-0.15, -0.1) is 0 Å². The van der Waals surface area contributed by atoms with E-state index in [1.54, 1.807) is 17.8 Å². The van der Waals surface area contributed by atoms with Crippen LogP contribution in [0.2, 0.25) is 0 Å². The van der Waals surface area contributed by atoms with Gasteiger partial charge in [0.2, 0.25) is 0 Å². The third-order valence-electron chi connectivity index (χ3n) is 6.48. The molecule has 0 bridgehead atoms. The SMILES string of the molecule is CNc1cc(-c2nn(CCN3CCOCC3)c3ncccc23)nc2c(C(=O)N[C@H]3C[C@H]3F)cnn12. The number of ether oxygens (including phenoxy) is 1. The second kappa shape index (κ2) is 8.86. The van der Waals surface area contributed by atoms with E-state index in [1.165, 1.54) is 6.20 Å². The molecule has 2 fully saturated rings. The average molecular weight is 480 g/mol. The normalized spacial score (nSPS) is 20.4. The first-order chi connectivity index (χ1) is 17.1. The number of hydrogen-bond donors (Lipinski definition) is 2. The van der Waals surface area contributed by atoms with Gasteiger partial charge in [-0.2, -0.15) is 14.7 Å². The molecular weight excluding hydrogens is 453 g/mol. The summed E-state index contributed by atoms with van der Waals surface area (Å²) < 4.78 is 22.3. The smallest absolute Gasteiger partial charge is 0.257 e. The van der Waals surface area contributed by atoms with E-state index < -0.39 is 12.2 Å². The van der Waals surface area contributed by atoms with Crippen LogP contribution in [0, 0.1) is 0 Å². The van der Waals surface area contributed by atoms with Crippen LogP contribution >= 0.6 is 0 Å². The fourth-order valence-electron chi connectivity index (χ4n) is 4.40. The molecule has 4 aromatic heterocycles. The van der Waals surface area contributed by atoms with Gasteiger partial charge in [-0.1, -0.05) is 0 Å². The summed E-state index contributed by atoms with van der Waals surface area (Å²) >= 11 is 0. The predicted molar refractivity (Wildman–Crippen MR) is 127 cm³/mol. The highest BCUT2D eigenvalue weighted by Gasteiger charge is 2.39. The zero-order valence-corrected chi connectivity index (χ0v) is 19.3. The molecule has 2 N–H and O–H groups in total. The lowest BCUT2D eigenvalue weighted by molar-refractivity contribution is 0.0361. The Morgan fingerprint density at radius 2 is 2.09 bits per heavy atom. The van der Waals surface area contributed by atoms with Crippen LogP contribution in [-0.2, 0) is 11.3 Å². The molecule has 12 heteroatoms. The van der Waals surface area contributed by atoms with Gasteiger partial charge in [0.15, 0.2) is 11.3 Å². The summed E-state index contributed by atoms with van der Waals surface area (Å²) in [4.78, 5) is 24.5. The van der Waals surface area contributed by atoms with Crippen molar-refractivity contribution < 1.29 is 13.9 Å². The van der Waals surface area contributed by atoms with Crippen molar-refractivity contribution >= 4 is 28.4 Å². The van der Waals surface area contributed by atoms with Gasteiger partial charge in [-0.25, -0.2) is 19.0 Å². The lowest BCUT2D eigenvalue weighted by Gasteiger charge is -2.26. The van der Waals surface area contributed by atoms with E-state index in [1.807, 2.05) is 22.9 Å². The van der Waals surface area contributed by atoms with Crippen LogP contribution in [0.25, 0.3) is 28.1 Å². The van der Waals surface area contributed by atoms with E-state index in [0.29, 0.717) is 35.8 Å². The van der Waals surface area contributed by atoms with Crippen molar-refractivity contribution in [2.75, 3.05) is 45.2 Å². The van der Waals surface area contributed by atoms with Crippen molar-refractivity contribution in [2.45, 2.75) is 25.2 Å². The van der Waals surface area contributed by atoms with Crippen molar-refractivity contribution in [3.05, 3.63) is 36.2 Å². The number of carbonyl (C=O) groups is 1. The van der Waals surface area contributed by atoms with Gasteiger partial charge in [-0.3, -0.25) is 9.69 Å². The van der Waals surface area contributed by atoms with Gasteiger partial charge in [0, 0.05) is 50.8 Å². The first-order valence-electron chi connectivity index (χ1n) is 11.8.